The maximum Gasteiger partial charge on any atom is 0.261 e. The number of rotatable bonds is 10. The number of nitrogens with zero attached hydrogens (tertiary/aromatic N) is 6. The van der Waals surface area contributed by atoms with Crippen LogP contribution in [0.5, 0.6) is 0 Å². The highest BCUT2D eigenvalue weighted by molar-refractivity contribution is 9.10. The van der Waals surface area contributed by atoms with Gasteiger partial charge in [0.1, 0.15) is 23.3 Å². The molecule has 12 heteroatoms. The summed E-state index contributed by atoms with van der Waals surface area (Å²) in [5.41, 5.74) is 0.724. The summed E-state index contributed by atoms with van der Waals surface area (Å²) in [7, 11) is 0. The smallest absolute Gasteiger partial charge is 0.261 e. The van der Waals surface area contributed by atoms with Crippen LogP contribution >= 0.6 is 31.9 Å². The van der Waals surface area contributed by atoms with Gasteiger partial charge in [0, 0.05) is 38.3 Å². The van der Waals surface area contributed by atoms with Gasteiger partial charge >= 0.3 is 0 Å². The minimum atomic E-state index is -0.386. The Hall–Kier alpha value is -2.54. The lowest BCUT2D eigenvalue weighted by atomic mass is 9.97. The van der Waals surface area contributed by atoms with Gasteiger partial charge in [-0.25, -0.2) is 18.7 Å². The Labute approximate surface area is 323 Å². The van der Waals surface area contributed by atoms with Gasteiger partial charge in [0.25, 0.3) is 11.1 Å². The molecule has 6 rings (SSSR count). The molecule has 2 aromatic heterocycles. The first-order valence-corrected chi connectivity index (χ1v) is 20.8. The van der Waals surface area contributed by atoms with Crippen molar-refractivity contribution in [3.8, 4) is 0 Å². The standard InChI is InChI=1S/2C20H27BrFN3O/c2*1-4-7-18(24-9-6-8-13(3)12-24)19-23-17-11-16(22)15(21)10-14(17)20(26)25(19)5-2/h2*10-11,13,18H,4-9,12H2,1-3H3/t13-,18+;13-,18-/m11/s1. The van der Waals surface area contributed by atoms with E-state index in [0.29, 0.717) is 55.7 Å². The Morgan fingerprint density at radius 1 is 0.692 bits per heavy atom. The van der Waals surface area contributed by atoms with E-state index < -0.39 is 0 Å². The van der Waals surface area contributed by atoms with Crippen LogP contribution in [0, 0.1) is 23.5 Å². The first kappa shape index (κ1) is 40.6. The lowest BCUT2D eigenvalue weighted by Gasteiger charge is -2.37. The van der Waals surface area contributed by atoms with Crippen molar-refractivity contribution in [3.05, 3.63) is 77.2 Å². The Kier molecular flexibility index (Phi) is 14.2. The second-order valence-electron chi connectivity index (χ2n) is 14.7. The van der Waals surface area contributed by atoms with Gasteiger partial charge < -0.3 is 0 Å². The summed E-state index contributed by atoms with van der Waals surface area (Å²) in [5, 5.41) is 0.928. The third kappa shape index (κ3) is 8.87. The van der Waals surface area contributed by atoms with Crippen LogP contribution in [0.3, 0.4) is 0 Å². The molecule has 0 aliphatic carbocycles. The second-order valence-corrected chi connectivity index (χ2v) is 16.4. The van der Waals surface area contributed by atoms with Crippen molar-refractivity contribution in [3.63, 3.8) is 0 Å². The highest BCUT2D eigenvalue weighted by atomic mass is 79.9. The van der Waals surface area contributed by atoms with E-state index in [1.165, 1.54) is 37.8 Å². The fraction of sp³-hybridized carbons (Fsp3) is 0.600. The summed E-state index contributed by atoms with van der Waals surface area (Å²) in [6, 6.07) is 6.04. The van der Waals surface area contributed by atoms with Crippen LogP contribution in [0.15, 0.2) is 42.8 Å². The van der Waals surface area contributed by atoms with E-state index in [1.807, 2.05) is 13.8 Å². The van der Waals surface area contributed by atoms with Gasteiger partial charge in [-0.05, 0) is 121 Å². The van der Waals surface area contributed by atoms with Crippen LogP contribution in [0.4, 0.5) is 8.78 Å². The van der Waals surface area contributed by atoms with Crippen LogP contribution < -0.4 is 11.1 Å². The molecule has 0 amide bonds. The molecule has 2 aromatic carbocycles. The molecule has 2 aliphatic rings. The molecule has 0 saturated carbocycles. The Morgan fingerprint density at radius 2 is 1.08 bits per heavy atom. The van der Waals surface area contributed by atoms with Crippen LogP contribution in [0.1, 0.15) is 117 Å². The number of piperidine rings is 2. The molecule has 0 N–H and O–H groups in total. The van der Waals surface area contributed by atoms with Crippen LogP contribution in [-0.2, 0) is 13.1 Å². The average molecular weight is 849 g/mol. The summed E-state index contributed by atoms with van der Waals surface area (Å²) < 4.78 is 32.2. The minimum absolute atomic E-state index is 0.0839. The number of hydrogen-bond acceptors (Lipinski definition) is 6. The zero-order chi connectivity index (χ0) is 37.7. The lowest BCUT2D eigenvalue weighted by molar-refractivity contribution is 0.115. The van der Waals surface area contributed by atoms with Crippen molar-refractivity contribution in [2.45, 2.75) is 118 Å². The molecule has 4 heterocycles. The molecular weight excluding hydrogens is 794 g/mol. The van der Waals surface area contributed by atoms with E-state index in [0.717, 1.165) is 63.5 Å². The van der Waals surface area contributed by atoms with E-state index >= 15 is 0 Å². The van der Waals surface area contributed by atoms with Crippen molar-refractivity contribution >= 4 is 53.7 Å². The van der Waals surface area contributed by atoms with E-state index in [1.54, 1.807) is 21.3 Å². The predicted octanol–water partition coefficient (Wildman–Crippen LogP) is 9.78. The topological polar surface area (TPSA) is 76.3 Å². The zero-order valence-corrected chi connectivity index (χ0v) is 34.7. The molecule has 8 nitrogen and oxygen atoms in total. The molecule has 2 fully saturated rings. The third-order valence-electron chi connectivity index (χ3n) is 10.7. The largest absolute Gasteiger partial charge is 0.295 e. The van der Waals surface area contributed by atoms with E-state index in [4.69, 9.17) is 9.97 Å². The summed E-state index contributed by atoms with van der Waals surface area (Å²) in [6.07, 6.45) is 8.78. The maximum absolute atomic E-state index is 14.0. The minimum Gasteiger partial charge on any atom is -0.295 e. The number of fused-ring (bicyclic) bond motifs is 2. The molecule has 2 saturated heterocycles. The number of halogens is 4. The fourth-order valence-corrected chi connectivity index (χ4v) is 8.79. The third-order valence-corrected chi connectivity index (χ3v) is 11.9. The first-order valence-electron chi connectivity index (χ1n) is 19.2. The Morgan fingerprint density at radius 3 is 1.40 bits per heavy atom. The van der Waals surface area contributed by atoms with Crippen LogP contribution in [-0.4, -0.2) is 55.1 Å². The van der Waals surface area contributed by atoms with Crippen LogP contribution in [0.25, 0.3) is 21.8 Å². The molecule has 284 valence electrons. The molecule has 0 radical (unpaired) electrons. The van der Waals surface area contributed by atoms with Crippen molar-refractivity contribution in [1.82, 2.24) is 28.9 Å². The van der Waals surface area contributed by atoms with E-state index in [9.17, 15) is 18.4 Å². The van der Waals surface area contributed by atoms with Gasteiger partial charge in [0.15, 0.2) is 0 Å². The number of hydrogen-bond donors (Lipinski definition) is 0. The number of likely N-dealkylation sites (tertiary alicyclic amines) is 2. The van der Waals surface area contributed by atoms with Crippen molar-refractivity contribution in [2.24, 2.45) is 11.8 Å². The first-order chi connectivity index (χ1) is 24.9. The molecule has 4 aromatic rings. The SMILES string of the molecule is CCC[C@@H](c1nc2cc(F)c(Br)cc2c(=O)n1CC)N1CCC[C@@H](C)C1.CCC[C@H](c1nc2cc(F)c(Br)cc2c(=O)n1CC)N1CCC[C@@H](C)C1. The number of benzene rings is 2. The highest BCUT2D eigenvalue weighted by Gasteiger charge is 2.30. The molecular formula is C40H54Br2F2N6O2. The lowest BCUT2D eigenvalue weighted by Crippen LogP contribution is -2.40. The van der Waals surface area contributed by atoms with Crippen molar-refractivity contribution in [1.29, 1.82) is 0 Å². The van der Waals surface area contributed by atoms with Crippen molar-refractivity contribution < 1.29 is 8.78 Å². The van der Waals surface area contributed by atoms with Gasteiger partial charge in [-0.2, -0.15) is 0 Å². The van der Waals surface area contributed by atoms with Crippen LogP contribution in [0.2, 0.25) is 0 Å². The van der Waals surface area contributed by atoms with E-state index in [2.05, 4.69) is 69.4 Å². The summed E-state index contributed by atoms with van der Waals surface area (Å²) in [6.45, 7) is 18.1. The quantitative estimate of drug-likeness (QED) is 0.158. The molecule has 4 atom stereocenters. The summed E-state index contributed by atoms with van der Waals surface area (Å²) >= 11 is 6.36. The summed E-state index contributed by atoms with van der Waals surface area (Å²) in [4.78, 5) is 40.6. The average Bonchev–Trinajstić information content (AvgIpc) is 3.11. The van der Waals surface area contributed by atoms with Gasteiger partial charge in [-0.1, -0.05) is 40.5 Å². The van der Waals surface area contributed by atoms with Gasteiger partial charge in [-0.15, -0.1) is 0 Å². The zero-order valence-electron chi connectivity index (χ0n) is 31.5. The molecule has 0 unspecified atom stereocenters. The van der Waals surface area contributed by atoms with Gasteiger partial charge in [0.05, 0.1) is 42.8 Å². The maximum atomic E-state index is 14.0. The van der Waals surface area contributed by atoms with Crippen molar-refractivity contribution in [2.75, 3.05) is 26.2 Å². The Balaban J connectivity index is 0.000000201. The molecule has 2 aliphatic heterocycles. The molecule has 52 heavy (non-hydrogen) atoms. The fourth-order valence-electron chi connectivity index (χ4n) is 8.10. The van der Waals surface area contributed by atoms with Gasteiger partial charge in [-0.3, -0.25) is 28.5 Å². The number of aromatic nitrogens is 4. The normalized spacial score (nSPS) is 19.8. The monoisotopic (exact) mass is 846 g/mol. The molecule has 0 bridgehead atoms. The highest BCUT2D eigenvalue weighted by Crippen LogP contribution is 2.32. The Bertz CT molecular complexity index is 1840. The summed E-state index contributed by atoms with van der Waals surface area (Å²) in [5.74, 6) is 2.09. The molecule has 0 spiro atoms. The second kappa shape index (κ2) is 18.2. The van der Waals surface area contributed by atoms with Gasteiger partial charge in [0.2, 0.25) is 0 Å². The predicted molar refractivity (Wildman–Crippen MR) is 214 cm³/mol. The van der Waals surface area contributed by atoms with E-state index in [-0.39, 0.29) is 34.8 Å².